The van der Waals surface area contributed by atoms with E-state index < -0.39 is 0 Å². The van der Waals surface area contributed by atoms with Crippen LogP contribution >= 0.6 is 0 Å². The second kappa shape index (κ2) is 4.59. The maximum atomic E-state index is 11.7. The highest BCUT2D eigenvalue weighted by molar-refractivity contribution is 5.99. The van der Waals surface area contributed by atoms with Gasteiger partial charge in [0.2, 0.25) is 0 Å². The number of rotatable bonds is 4. The van der Waals surface area contributed by atoms with Crippen molar-refractivity contribution in [2.75, 3.05) is 13.9 Å². The summed E-state index contributed by atoms with van der Waals surface area (Å²) in [6, 6.07) is 0. The predicted molar refractivity (Wildman–Crippen MR) is 52.6 cm³/mol. The highest BCUT2D eigenvalue weighted by atomic mass is 16.7. The van der Waals surface area contributed by atoms with Gasteiger partial charge >= 0.3 is 0 Å². The fourth-order valence-electron chi connectivity index (χ4n) is 1.83. The van der Waals surface area contributed by atoms with Crippen LogP contribution in [0, 0.1) is 0 Å². The van der Waals surface area contributed by atoms with E-state index in [1.807, 2.05) is 0 Å². The molecule has 1 aromatic heterocycles. The summed E-state index contributed by atoms with van der Waals surface area (Å²) in [7, 11) is 1.57. The smallest absolute Gasteiger partial charge is 0.166 e. The second-order valence-electron chi connectivity index (χ2n) is 3.59. The van der Waals surface area contributed by atoms with Gasteiger partial charge in [-0.15, -0.1) is 0 Å². The lowest BCUT2D eigenvalue weighted by molar-refractivity contribution is -0.0393. The van der Waals surface area contributed by atoms with Gasteiger partial charge in [0.05, 0.1) is 18.4 Å². The van der Waals surface area contributed by atoms with Gasteiger partial charge < -0.3 is 13.9 Å². The Morgan fingerprint density at radius 2 is 2.33 bits per heavy atom. The minimum atomic E-state index is 0.168. The molecule has 0 N–H and O–H groups in total. The summed E-state index contributed by atoms with van der Waals surface area (Å²) in [6.45, 7) is 0.604. The van der Waals surface area contributed by atoms with Gasteiger partial charge in [-0.1, -0.05) is 0 Å². The summed E-state index contributed by atoms with van der Waals surface area (Å²) >= 11 is 0. The normalized spacial score (nSPS) is 15.4. The lowest BCUT2D eigenvalue weighted by Gasteiger charge is -2.09. The molecular weight excluding hydrogens is 196 g/mol. The highest BCUT2D eigenvalue weighted by Crippen LogP contribution is 2.26. The summed E-state index contributed by atoms with van der Waals surface area (Å²) in [5.74, 6) is 0.975. The number of aryl methyl sites for hydroxylation is 1. The van der Waals surface area contributed by atoms with Gasteiger partial charge in [-0.05, 0) is 6.42 Å². The van der Waals surface area contributed by atoms with Crippen LogP contribution in [-0.4, -0.2) is 19.7 Å². The number of methoxy groups -OCH3 is 1. The molecular formula is C11H14O4. The average Bonchev–Trinajstić information content (AvgIpc) is 2.63. The molecule has 0 amide bonds. The Morgan fingerprint density at radius 3 is 3.13 bits per heavy atom. The quantitative estimate of drug-likeness (QED) is 0.562. The van der Waals surface area contributed by atoms with Crippen LogP contribution in [0.25, 0.3) is 0 Å². The molecule has 1 aliphatic carbocycles. The molecule has 0 bridgehead atoms. The molecule has 1 aromatic rings. The van der Waals surface area contributed by atoms with Crippen molar-refractivity contribution in [1.82, 2.24) is 0 Å². The number of hydrogen-bond acceptors (Lipinski definition) is 4. The SMILES string of the molecule is COCOCc1coc2c1C(=O)CCC2. The largest absolute Gasteiger partial charge is 0.468 e. The highest BCUT2D eigenvalue weighted by Gasteiger charge is 2.24. The molecule has 82 valence electrons. The summed E-state index contributed by atoms with van der Waals surface area (Å²) in [5.41, 5.74) is 1.57. The monoisotopic (exact) mass is 210 g/mol. The molecule has 4 nitrogen and oxygen atoms in total. The summed E-state index contributed by atoms with van der Waals surface area (Å²) in [4.78, 5) is 11.7. The lowest BCUT2D eigenvalue weighted by Crippen LogP contribution is -2.11. The lowest BCUT2D eigenvalue weighted by atomic mass is 9.94. The van der Waals surface area contributed by atoms with Crippen molar-refractivity contribution in [1.29, 1.82) is 0 Å². The molecule has 0 saturated carbocycles. The standard InChI is InChI=1S/C11H14O4/c1-13-7-14-5-8-6-15-10-4-2-3-9(12)11(8)10/h6H,2-5,7H2,1H3. The van der Waals surface area contributed by atoms with E-state index in [9.17, 15) is 4.79 Å². The van der Waals surface area contributed by atoms with E-state index in [2.05, 4.69) is 0 Å². The zero-order valence-corrected chi connectivity index (χ0v) is 8.75. The van der Waals surface area contributed by atoms with Crippen LogP contribution in [0.5, 0.6) is 0 Å². The van der Waals surface area contributed by atoms with E-state index >= 15 is 0 Å². The molecule has 0 radical (unpaired) electrons. The number of fused-ring (bicyclic) bond motifs is 1. The van der Waals surface area contributed by atoms with Crippen molar-refractivity contribution in [2.24, 2.45) is 0 Å². The summed E-state index contributed by atoms with van der Waals surface area (Å²) < 4.78 is 15.3. The van der Waals surface area contributed by atoms with Crippen LogP contribution in [-0.2, 0) is 22.5 Å². The van der Waals surface area contributed by atoms with Gasteiger partial charge in [-0.2, -0.15) is 0 Å². The minimum absolute atomic E-state index is 0.168. The molecule has 0 fully saturated rings. The Hall–Kier alpha value is -1.13. The molecule has 0 saturated heterocycles. The van der Waals surface area contributed by atoms with Crippen LogP contribution in [0.4, 0.5) is 0 Å². The number of carbonyl (C=O) groups excluding carboxylic acids is 1. The van der Waals surface area contributed by atoms with Gasteiger partial charge in [0.25, 0.3) is 0 Å². The number of carbonyl (C=O) groups is 1. The topological polar surface area (TPSA) is 48.7 Å². The number of Topliss-reactive ketones (excluding diaryl/α,β-unsaturated/α-hetero) is 1. The zero-order chi connectivity index (χ0) is 10.7. The first kappa shape index (κ1) is 10.4. The first-order valence-electron chi connectivity index (χ1n) is 5.02. The molecule has 1 aliphatic rings. The number of furan rings is 1. The summed E-state index contributed by atoms with van der Waals surface area (Å²) in [5, 5.41) is 0. The van der Waals surface area contributed by atoms with Crippen LogP contribution < -0.4 is 0 Å². The van der Waals surface area contributed by atoms with Crippen LogP contribution in [0.15, 0.2) is 10.7 Å². The van der Waals surface area contributed by atoms with Gasteiger partial charge in [0.1, 0.15) is 12.6 Å². The Kier molecular flexibility index (Phi) is 3.18. The molecule has 0 aliphatic heterocycles. The van der Waals surface area contributed by atoms with Gasteiger partial charge in [0.15, 0.2) is 5.78 Å². The maximum absolute atomic E-state index is 11.7. The Labute approximate surface area is 88.2 Å². The molecule has 0 atom stereocenters. The third kappa shape index (κ3) is 2.11. The number of hydrogen-bond donors (Lipinski definition) is 0. The van der Waals surface area contributed by atoms with E-state index in [-0.39, 0.29) is 12.6 Å². The molecule has 15 heavy (non-hydrogen) atoms. The van der Waals surface area contributed by atoms with Crippen molar-refractivity contribution >= 4 is 5.78 Å². The molecule has 4 heteroatoms. The Balaban J connectivity index is 2.11. The molecule has 0 unspecified atom stereocenters. The second-order valence-corrected chi connectivity index (χ2v) is 3.59. The first-order chi connectivity index (χ1) is 7.33. The van der Waals surface area contributed by atoms with Gasteiger partial charge in [-0.25, -0.2) is 0 Å². The maximum Gasteiger partial charge on any atom is 0.166 e. The van der Waals surface area contributed by atoms with Crippen molar-refractivity contribution in [3.63, 3.8) is 0 Å². The van der Waals surface area contributed by atoms with Crippen molar-refractivity contribution in [3.05, 3.63) is 23.2 Å². The number of ketones is 1. The van der Waals surface area contributed by atoms with Crippen LogP contribution in [0.3, 0.4) is 0 Å². The van der Waals surface area contributed by atoms with E-state index in [0.717, 1.165) is 29.7 Å². The summed E-state index contributed by atoms with van der Waals surface area (Å²) in [6.07, 6.45) is 3.97. The van der Waals surface area contributed by atoms with E-state index in [1.165, 1.54) is 0 Å². The fraction of sp³-hybridized carbons (Fsp3) is 0.545. The van der Waals surface area contributed by atoms with E-state index in [4.69, 9.17) is 13.9 Å². The third-order valence-electron chi connectivity index (χ3n) is 2.49. The first-order valence-corrected chi connectivity index (χ1v) is 5.02. The van der Waals surface area contributed by atoms with E-state index in [0.29, 0.717) is 13.0 Å². The average molecular weight is 210 g/mol. The molecule has 1 heterocycles. The Bertz CT molecular complexity index is 353. The molecule has 0 spiro atoms. The minimum Gasteiger partial charge on any atom is -0.468 e. The molecule has 0 aromatic carbocycles. The van der Waals surface area contributed by atoms with Crippen molar-refractivity contribution in [3.8, 4) is 0 Å². The van der Waals surface area contributed by atoms with Crippen LogP contribution in [0.1, 0.15) is 34.5 Å². The molecule has 2 rings (SSSR count). The fourth-order valence-corrected chi connectivity index (χ4v) is 1.83. The van der Waals surface area contributed by atoms with Crippen molar-refractivity contribution < 1.29 is 18.7 Å². The van der Waals surface area contributed by atoms with E-state index in [1.54, 1.807) is 13.4 Å². The van der Waals surface area contributed by atoms with Crippen LogP contribution in [0.2, 0.25) is 0 Å². The van der Waals surface area contributed by atoms with Gasteiger partial charge in [0, 0.05) is 25.5 Å². The number of ether oxygens (including phenoxy) is 2. The van der Waals surface area contributed by atoms with Gasteiger partial charge in [-0.3, -0.25) is 4.79 Å². The predicted octanol–water partition coefficient (Wildman–Crippen LogP) is 1.92. The van der Waals surface area contributed by atoms with Crippen molar-refractivity contribution in [2.45, 2.75) is 25.9 Å². The zero-order valence-electron chi connectivity index (χ0n) is 8.75. The Morgan fingerprint density at radius 1 is 1.47 bits per heavy atom. The third-order valence-corrected chi connectivity index (χ3v) is 2.49.